The number of aromatic nitrogens is 2. The van der Waals surface area contributed by atoms with Crippen molar-refractivity contribution in [1.29, 1.82) is 0 Å². The fourth-order valence-electron chi connectivity index (χ4n) is 3.18. The molecule has 0 aliphatic carbocycles. The monoisotopic (exact) mass is 598 g/mol. The molecule has 0 spiro atoms. The molecule has 0 saturated heterocycles. The predicted molar refractivity (Wildman–Crippen MR) is 149 cm³/mol. The van der Waals surface area contributed by atoms with Crippen LogP contribution in [0.1, 0.15) is 41.4 Å². The molecule has 0 aliphatic rings. The van der Waals surface area contributed by atoms with Gasteiger partial charge in [0, 0.05) is 41.4 Å². The zero-order valence-corrected chi connectivity index (χ0v) is 22.8. The number of aldehydes is 2. The Morgan fingerprint density at radius 1 is 0.786 bits per heavy atom. The van der Waals surface area contributed by atoms with Gasteiger partial charge < -0.3 is 19.5 Å². The fourth-order valence-corrected chi connectivity index (χ4v) is 3.33. The normalized spacial score (nSPS) is 9.69. The Balaban J connectivity index is 0.000000235. The van der Waals surface area contributed by atoms with Crippen molar-refractivity contribution in [3.05, 3.63) is 112 Å². The minimum absolute atomic E-state index is 0.0226. The second kappa shape index (κ2) is 16.4. The van der Waals surface area contributed by atoms with Gasteiger partial charge >= 0.3 is 19.1 Å². The summed E-state index contributed by atoms with van der Waals surface area (Å²) in [6.07, 6.45) is 7.07. The van der Waals surface area contributed by atoms with Crippen molar-refractivity contribution in [2.45, 2.75) is 0 Å². The second-order valence-electron chi connectivity index (χ2n) is 7.88. The SMILES string of the molecule is COC(=O)c1ccc(-c2ccncc2C=O)c(F)c1.COC(=O)c1ccc(B(O)O)c(F)c1.O=Cc1cnccc1Cl. The minimum atomic E-state index is -1.89. The first kappa shape index (κ1) is 33.4. The molecule has 0 atom stereocenters. The summed E-state index contributed by atoms with van der Waals surface area (Å²) >= 11 is 5.55. The largest absolute Gasteiger partial charge is 0.491 e. The summed E-state index contributed by atoms with van der Waals surface area (Å²) in [5.74, 6) is -2.75. The molecular formula is C28H22BClF2N2O8. The maximum Gasteiger partial charge on any atom is 0.491 e. The van der Waals surface area contributed by atoms with E-state index in [0.29, 0.717) is 28.7 Å². The highest BCUT2D eigenvalue weighted by atomic mass is 35.5. The molecule has 2 aromatic carbocycles. The number of nitrogens with zero attached hydrogens (tertiary/aromatic N) is 2. The highest BCUT2D eigenvalue weighted by Gasteiger charge is 2.18. The van der Waals surface area contributed by atoms with E-state index in [2.05, 4.69) is 19.4 Å². The van der Waals surface area contributed by atoms with Crippen molar-refractivity contribution in [3.63, 3.8) is 0 Å². The van der Waals surface area contributed by atoms with Gasteiger partial charge in [0.1, 0.15) is 11.6 Å². The van der Waals surface area contributed by atoms with Gasteiger partial charge in [-0.25, -0.2) is 18.4 Å². The Hall–Kier alpha value is -4.85. The number of carbonyl (C=O) groups is 4. The highest BCUT2D eigenvalue weighted by molar-refractivity contribution is 6.58. The van der Waals surface area contributed by atoms with Crippen LogP contribution in [0.15, 0.2) is 73.3 Å². The summed E-state index contributed by atoms with van der Waals surface area (Å²) < 4.78 is 35.9. The lowest BCUT2D eigenvalue weighted by Crippen LogP contribution is -2.32. The average molecular weight is 599 g/mol. The zero-order valence-electron chi connectivity index (χ0n) is 22.0. The average Bonchev–Trinajstić information content (AvgIpc) is 3.00. The summed E-state index contributed by atoms with van der Waals surface area (Å²) in [5, 5.41) is 17.8. The number of hydrogen-bond acceptors (Lipinski definition) is 10. The standard InChI is InChI=1S/C14H10FNO3.C8H8BFO4.C6H4ClNO/c1-19-14(18)9-2-3-12(13(15)6-9)11-4-5-16-7-10(11)8-17;1-14-8(11)5-2-3-6(9(12)13)7(10)4-5;7-6-1-2-8-3-5(6)4-9/h2-8H,1H3;2-4,12-13H,1H3;1-4H. The van der Waals surface area contributed by atoms with E-state index >= 15 is 0 Å². The highest BCUT2D eigenvalue weighted by Crippen LogP contribution is 2.26. The van der Waals surface area contributed by atoms with Gasteiger partial charge in [0.2, 0.25) is 0 Å². The third kappa shape index (κ3) is 9.09. The van der Waals surface area contributed by atoms with Gasteiger partial charge in [-0.3, -0.25) is 19.6 Å². The fraction of sp³-hybridized carbons (Fsp3) is 0.0714. The number of ether oxygens (including phenoxy) is 2. The molecule has 0 fully saturated rings. The number of hydrogen-bond donors (Lipinski definition) is 2. The number of rotatable bonds is 6. The Labute approximate surface area is 243 Å². The van der Waals surface area contributed by atoms with Gasteiger partial charge in [-0.05, 0) is 42.0 Å². The van der Waals surface area contributed by atoms with Crippen LogP contribution in [0.5, 0.6) is 0 Å². The Morgan fingerprint density at radius 2 is 1.31 bits per heavy atom. The van der Waals surface area contributed by atoms with Crippen LogP contribution in [0.3, 0.4) is 0 Å². The van der Waals surface area contributed by atoms with Crippen molar-refractivity contribution < 1.29 is 47.5 Å². The van der Waals surface area contributed by atoms with Crippen molar-refractivity contribution in [3.8, 4) is 11.1 Å². The summed E-state index contributed by atoms with van der Waals surface area (Å²) in [7, 11) is 0.512. The van der Waals surface area contributed by atoms with Crippen LogP contribution in [0, 0.1) is 11.6 Å². The van der Waals surface area contributed by atoms with Crippen LogP contribution < -0.4 is 5.46 Å². The van der Waals surface area contributed by atoms with Crippen molar-refractivity contribution in [1.82, 2.24) is 9.97 Å². The van der Waals surface area contributed by atoms with Crippen LogP contribution in [0.25, 0.3) is 11.1 Å². The molecule has 4 aromatic rings. The first-order chi connectivity index (χ1) is 20.1. The predicted octanol–water partition coefficient (Wildman–Crippen LogP) is 3.33. The van der Waals surface area contributed by atoms with E-state index < -0.39 is 30.7 Å². The van der Waals surface area contributed by atoms with Gasteiger partial charge in [0.15, 0.2) is 12.6 Å². The molecule has 0 bridgehead atoms. The summed E-state index contributed by atoms with van der Waals surface area (Å²) in [6.45, 7) is 0. The van der Waals surface area contributed by atoms with E-state index in [0.717, 1.165) is 18.2 Å². The molecule has 10 nitrogen and oxygen atoms in total. The molecular weight excluding hydrogens is 577 g/mol. The Bertz CT molecular complexity index is 1570. The van der Waals surface area contributed by atoms with Crippen LogP contribution >= 0.6 is 11.6 Å². The number of methoxy groups -OCH3 is 2. The van der Waals surface area contributed by atoms with Crippen LogP contribution in [0.4, 0.5) is 8.78 Å². The van der Waals surface area contributed by atoms with Gasteiger partial charge in [-0.15, -0.1) is 0 Å². The lowest BCUT2D eigenvalue weighted by Gasteiger charge is -2.07. The molecule has 2 heterocycles. The van der Waals surface area contributed by atoms with Crippen LogP contribution in [-0.2, 0) is 9.47 Å². The molecule has 0 radical (unpaired) electrons. The molecule has 2 N–H and O–H groups in total. The number of carbonyl (C=O) groups excluding carboxylic acids is 4. The van der Waals surface area contributed by atoms with Gasteiger partial charge in [-0.2, -0.15) is 0 Å². The zero-order chi connectivity index (χ0) is 31.2. The lowest BCUT2D eigenvalue weighted by atomic mass is 9.79. The van der Waals surface area contributed by atoms with E-state index in [1.54, 1.807) is 12.1 Å². The molecule has 0 unspecified atom stereocenters. The van der Waals surface area contributed by atoms with Gasteiger partial charge in [0.25, 0.3) is 0 Å². The van der Waals surface area contributed by atoms with E-state index in [1.807, 2.05) is 0 Å². The topological polar surface area (TPSA) is 153 Å². The maximum absolute atomic E-state index is 14.0. The van der Waals surface area contributed by atoms with E-state index in [-0.39, 0.29) is 27.7 Å². The van der Waals surface area contributed by atoms with Crippen molar-refractivity contribution >= 4 is 48.7 Å². The van der Waals surface area contributed by atoms with Crippen molar-refractivity contribution in [2.75, 3.05) is 14.2 Å². The number of esters is 2. The van der Waals surface area contributed by atoms with E-state index in [4.69, 9.17) is 21.6 Å². The van der Waals surface area contributed by atoms with Crippen LogP contribution in [-0.4, -0.2) is 65.9 Å². The molecule has 0 aliphatic heterocycles. The molecule has 0 saturated carbocycles. The van der Waals surface area contributed by atoms with Gasteiger partial charge in [0.05, 0.1) is 35.9 Å². The Kier molecular flexibility index (Phi) is 13.0. The van der Waals surface area contributed by atoms with Crippen LogP contribution in [0.2, 0.25) is 5.02 Å². The molecule has 14 heteroatoms. The first-order valence-corrected chi connectivity index (χ1v) is 12.0. The molecule has 42 heavy (non-hydrogen) atoms. The molecule has 4 rings (SSSR count). The summed E-state index contributed by atoms with van der Waals surface area (Å²) in [4.78, 5) is 50.7. The number of pyridine rings is 2. The third-order valence-electron chi connectivity index (χ3n) is 5.28. The molecule has 216 valence electrons. The van der Waals surface area contributed by atoms with Crippen molar-refractivity contribution in [2.24, 2.45) is 0 Å². The van der Waals surface area contributed by atoms with E-state index in [9.17, 15) is 28.0 Å². The lowest BCUT2D eigenvalue weighted by molar-refractivity contribution is 0.0591. The maximum atomic E-state index is 14.0. The third-order valence-corrected chi connectivity index (χ3v) is 5.63. The van der Waals surface area contributed by atoms with Gasteiger partial charge in [-0.1, -0.05) is 23.7 Å². The van der Waals surface area contributed by atoms with E-state index in [1.165, 1.54) is 57.2 Å². The molecule has 0 amide bonds. The smallest absolute Gasteiger partial charge is 0.465 e. The Morgan fingerprint density at radius 3 is 1.76 bits per heavy atom. The summed E-state index contributed by atoms with van der Waals surface area (Å²) in [5.41, 5.74) is 1.24. The second-order valence-corrected chi connectivity index (χ2v) is 8.29. The number of halogens is 3. The molecule has 2 aromatic heterocycles. The quantitative estimate of drug-likeness (QED) is 0.192. The first-order valence-electron chi connectivity index (χ1n) is 11.6. The minimum Gasteiger partial charge on any atom is -0.465 e. The summed E-state index contributed by atoms with van der Waals surface area (Å²) in [6, 6.07) is 10.3. The number of benzene rings is 2.